The van der Waals surface area contributed by atoms with Gasteiger partial charge in [-0.1, -0.05) is 6.07 Å². The summed E-state index contributed by atoms with van der Waals surface area (Å²) in [5.41, 5.74) is 1.21. The van der Waals surface area contributed by atoms with E-state index in [-0.39, 0.29) is 0 Å². The molecule has 0 amide bonds. The van der Waals surface area contributed by atoms with Crippen molar-refractivity contribution >= 4 is 0 Å². The molecule has 1 aromatic rings. The molecule has 0 radical (unpaired) electrons. The smallest absolute Gasteiger partial charge is 0.161 e. The minimum absolute atomic E-state index is 0.500. The van der Waals surface area contributed by atoms with E-state index in [0.717, 1.165) is 18.0 Å². The van der Waals surface area contributed by atoms with Gasteiger partial charge in [0, 0.05) is 19.7 Å². The molecule has 21 heavy (non-hydrogen) atoms. The van der Waals surface area contributed by atoms with E-state index < -0.39 is 0 Å². The molecule has 5 heteroatoms. The summed E-state index contributed by atoms with van der Waals surface area (Å²) in [6, 6.07) is 6.75. The molecule has 1 fully saturated rings. The number of rotatable bonds is 11. The molecule has 0 atom stereocenters. The maximum Gasteiger partial charge on any atom is 0.161 e. The fourth-order valence-corrected chi connectivity index (χ4v) is 1.95. The lowest BCUT2D eigenvalue weighted by Gasteiger charge is -2.13. The number of ether oxygens (including phenoxy) is 4. The third kappa shape index (κ3) is 5.91. The second-order valence-corrected chi connectivity index (χ2v) is 5.09. The van der Waals surface area contributed by atoms with Crippen LogP contribution in [0.15, 0.2) is 18.2 Å². The minimum Gasteiger partial charge on any atom is -0.493 e. The van der Waals surface area contributed by atoms with E-state index in [1.807, 2.05) is 12.1 Å². The number of hydrogen-bond acceptors (Lipinski definition) is 5. The van der Waals surface area contributed by atoms with Gasteiger partial charge in [-0.2, -0.15) is 0 Å². The SMILES string of the molecule is COCCOCCOc1cc(CNC2CC2)ccc1OC. The highest BCUT2D eigenvalue weighted by atomic mass is 16.5. The van der Waals surface area contributed by atoms with Crippen molar-refractivity contribution in [3.8, 4) is 11.5 Å². The largest absolute Gasteiger partial charge is 0.493 e. The predicted octanol–water partition coefficient (Wildman–Crippen LogP) is 1.99. The molecule has 1 aliphatic carbocycles. The maximum absolute atomic E-state index is 5.75. The van der Waals surface area contributed by atoms with Crippen molar-refractivity contribution in [2.45, 2.75) is 25.4 Å². The third-order valence-corrected chi connectivity index (χ3v) is 3.32. The van der Waals surface area contributed by atoms with E-state index in [4.69, 9.17) is 18.9 Å². The Labute approximate surface area is 126 Å². The van der Waals surface area contributed by atoms with Gasteiger partial charge in [-0.15, -0.1) is 0 Å². The summed E-state index contributed by atoms with van der Waals surface area (Å²) in [6.07, 6.45) is 2.58. The Morgan fingerprint density at radius 1 is 1.05 bits per heavy atom. The van der Waals surface area contributed by atoms with E-state index in [2.05, 4.69) is 11.4 Å². The van der Waals surface area contributed by atoms with Crippen LogP contribution >= 0.6 is 0 Å². The van der Waals surface area contributed by atoms with Gasteiger partial charge in [0.15, 0.2) is 11.5 Å². The molecule has 0 saturated heterocycles. The first kappa shape index (κ1) is 16.1. The topological polar surface area (TPSA) is 49.0 Å². The van der Waals surface area contributed by atoms with Gasteiger partial charge in [-0.3, -0.25) is 0 Å². The van der Waals surface area contributed by atoms with E-state index in [1.54, 1.807) is 14.2 Å². The summed E-state index contributed by atoms with van der Waals surface area (Å²) in [5.74, 6) is 1.52. The lowest BCUT2D eigenvalue weighted by molar-refractivity contribution is 0.0540. The second-order valence-electron chi connectivity index (χ2n) is 5.09. The maximum atomic E-state index is 5.75. The molecule has 1 N–H and O–H groups in total. The molecule has 118 valence electrons. The van der Waals surface area contributed by atoms with Gasteiger partial charge in [0.1, 0.15) is 6.61 Å². The molecule has 0 aliphatic heterocycles. The molecular formula is C16H25NO4. The van der Waals surface area contributed by atoms with Gasteiger partial charge in [-0.25, -0.2) is 0 Å². The van der Waals surface area contributed by atoms with Gasteiger partial charge in [-0.05, 0) is 30.5 Å². The minimum atomic E-state index is 0.500. The monoisotopic (exact) mass is 295 g/mol. The van der Waals surface area contributed by atoms with Gasteiger partial charge < -0.3 is 24.3 Å². The molecule has 1 aromatic carbocycles. The third-order valence-electron chi connectivity index (χ3n) is 3.32. The van der Waals surface area contributed by atoms with Crippen LogP contribution in [0.5, 0.6) is 11.5 Å². The van der Waals surface area contributed by atoms with Crippen LogP contribution in [-0.2, 0) is 16.0 Å². The predicted molar refractivity (Wildman–Crippen MR) is 81.0 cm³/mol. The van der Waals surface area contributed by atoms with Crippen molar-refractivity contribution in [1.82, 2.24) is 5.32 Å². The van der Waals surface area contributed by atoms with Crippen LogP contribution in [-0.4, -0.2) is 46.7 Å². The average molecular weight is 295 g/mol. The number of hydrogen-bond donors (Lipinski definition) is 1. The highest BCUT2D eigenvalue weighted by molar-refractivity contribution is 5.43. The summed E-state index contributed by atoms with van der Waals surface area (Å²) in [4.78, 5) is 0. The zero-order valence-electron chi connectivity index (χ0n) is 12.9. The van der Waals surface area contributed by atoms with Crippen molar-refractivity contribution in [3.63, 3.8) is 0 Å². The van der Waals surface area contributed by atoms with E-state index >= 15 is 0 Å². The summed E-state index contributed by atoms with van der Waals surface area (Å²) in [6.45, 7) is 3.10. The average Bonchev–Trinajstić information content (AvgIpc) is 3.33. The summed E-state index contributed by atoms with van der Waals surface area (Å²) >= 11 is 0. The molecule has 0 aromatic heterocycles. The van der Waals surface area contributed by atoms with E-state index in [0.29, 0.717) is 32.5 Å². The molecular weight excluding hydrogens is 270 g/mol. The van der Waals surface area contributed by atoms with Crippen molar-refractivity contribution in [1.29, 1.82) is 0 Å². The summed E-state index contributed by atoms with van der Waals surface area (Å²) in [7, 11) is 3.31. The van der Waals surface area contributed by atoms with Crippen LogP contribution < -0.4 is 14.8 Å². The number of methoxy groups -OCH3 is 2. The first-order chi connectivity index (χ1) is 10.3. The fraction of sp³-hybridized carbons (Fsp3) is 0.625. The normalized spacial score (nSPS) is 14.2. The lowest BCUT2D eigenvalue weighted by Crippen LogP contribution is -2.15. The Bertz CT molecular complexity index is 421. The standard InChI is InChI=1S/C16H25NO4/c1-18-7-8-20-9-10-21-16-11-13(3-6-15(16)19-2)12-17-14-4-5-14/h3,6,11,14,17H,4-5,7-10,12H2,1-2H3. The highest BCUT2D eigenvalue weighted by Crippen LogP contribution is 2.28. The highest BCUT2D eigenvalue weighted by Gasteiger charge is 2.20. The Kier molecular flexibility index (Phi) is 6.79. The van der Waals surface area contributed by atoms with E-state index in [1.165, 1.54) is 18.4 Å². The van der Waals surface area contributed by atoms with Crippen molar-refractivity contribution < 1.29 is 18.9 Å². The van der Waals surface area contributed by atoms with Crippen molar-refractivity contribution in [3.05, 3.63) is 23.8 Å². The van der Waals surface area contributed by atoms with Crippen molar-refractivity contribution in [2.24, 2.45) is 0 Å². The second kappa shape index (κ2) is 8.87. The van der Waals surface area contributed by atoms with Crippen LogP contribution in [0.3, 0.4) is 0 Å². The lowest BCUT2D eigenvalue weighted by atomic mass is 10.2. The molecule has 0 heterocycles. The van der Waals surface area contributed by atoms with Gasteiger partial charge in [0.05, 0.1) is 26.9 Å². The van der Waals surface area contributed by atoms with E-state index in [9.17, 15) is 0 Å². The van der Waals surface area contributed by atoms with Gasteiger partial charge in [0.25, 0.3) is 0 Å². The van der Waals surface area contributed by atoms with Gasteiger partial charge in [0.2, 0.25) is 0 Å². The van der Waals surface area contributed by atoms with Crippen molar-refractivity contribution in [2.75, 3.05) is 40.6 Å². The van der Waals surface area contributed by atoms with Crippen LogP contribution in [0.4, 0.5) is 0 Å². The zero-order valence-corrected chi connectivity index (χ0v) is 12.9. The summed E-state index contributed by atoms with van der Waals surface area (Å²) < 4.78 is 21.4. The fourth-order valence-electron chi connectivity index (χ4n) is 1.95. The molecule has 0 spiro atoms. The summed E-state index contributed by atoms with van der Waals surface area (Å²) in [5, 5.41) is 3.49. The van der Waals surface area contributed by atoms with Gasteiger partial charge >= 0.3 is 0 Å². The number of nitrogens with one attached hydrogen (secondary N) is 1. The Morgan fingerprint density at radius 2 is 1.86 bits per heavy atom. The molecule has 1 aliphatic rings. The van der Waals surface area contributed by atoms with Crippen LogP contribution in [0.25, 0.3) is 0 Å². The Morgan fingerprint density at radius 3 is 2.57 bits per heavy atom. The van der Waals surface area contributed by atoms with Crippen LogP contribution in [0, 0.1) is 0 Å². The zero-order chi connectivity index (χ0) is 14.9. The Hall–Kier alpha value is -1.30. The number of benzene rings is 1. The Balaban J connectivity index is 1.78. The quantitative estimate of drug-likeness (QED) is 0.633. The van der Waals surface area contributed by atoms with Crippen LogP contribution in [0.1, 0.15) is 18.4 Å². The molecule has 0 bridgehead atoms. The first-order valence-electron chi connectivity index (χ1n) is 7.43. The first-order valence-corrected chi connectivity index (χ1v) is 7.43. The molecule has 5 nitrogen and oxygen atoms in total. The molecule has 2 rings (SSSR count). The molecule has 0 unspecified atom stereocenters. The molecule has 1 saturated carbocycles. The van der Waals surface area contributed by atoms with Crippen LogP contribution in [0.2, 0.25) is 0 Å².